The van der Waals surface area contributed by atoms with E-state index >= 15 is 0 Å². The van der Waals surface area contributed by atoms with Crippen LogP contribution in [-0.2, 0) is 11.2 Å². The zero-order chi connectivity index (χ0) is 18.1. The predicted octanol–water partition coefficient (Wildman–Crippen LogP) is 5.35. The molecule has 0 radical (unpaired) electrons. The Kier molecular flexibility index (Phi) is 4.21. The van der Waals surface area contributed by atoms with Gasteiger partial charge in [-0.1, -0.05) is 60.7 Å². The maximum Gasteiger partial charge on any atom is 0.227 e. The first kappa shape index (κ1) is 16.4. The number of amides is 1. The van der Waals surface area contributed by atoms with Crippen LogP contribution in [0.15, 0.2) is 77.2 Å². The van der Waals surface area contributed by atoms with Crippen LogP contribution in [-0.4, -0.2) is 17.9 Å². The summed E-state index contributed by atoms with van der Waals surface area (Å²) in [7, 11) is 1.83. The summed E-state index contributed by atoms with van der Waals surface area (Å²) in [5.41, 5.74) is 1.88. The van der Waals surface area contributed by atoms with Gasteiger partial charge in [0.15, 0.2) is 0 Å². The molecule has 1 unspecified atom stereocenters. The zero-order valence-electron chi connectivity index (χ0n) is 15.0. The molecule has 26 heavy (non-hydrogen) atoms. The molecule has 1 amide bonds. The third-order valence-electron chi connectivity index (χ3n) is 5.00. The Morgan fingerprint density at radius 3 is 2.38 bits per heavy atom. The van der Waals surface area contributed by atoms with E-state index in [1.54, 1.807) is 4.90 Å². The average Bonchev–Trinajstić information content (AvgIpc) is 3.11. The number of hydrogen-bond donors (Lipinski definition) is 0. The number of para-hydroxylation sites is 1. The van der Waals surface area contributed by atoms with E-state index in [0.717, 1.165) is 27.7 Å². The summed E-state index contributed by atoms with van der Waals surface area (Å²) in [6.45, 7) is 2.00. The predicted molar refractivity (Wildman–Crippen MR) is 105 cm³/mol. The monoisotopic (exact) mass is 343 g/mol. The van der Waals surface area contributed by atoms with Gasteiger partial charge in [0.2, 0.25) is 5.91 Å². The van der Waals surface area contributed by atoms with Crippen LogP contribution in [0.25, 0.3) is 21.7 Å². The highest BCUT2D eigenvalue weighted by Gasteiger charge is 2.21. The molecular weight excluding hydrogens is 322 g/mol. The van der Waals surface area contributed by atoms with Crippen LogP contribution in [0.1, 0.15) is 24.3 Å². The molecule has 0 aliphatic carbocycles. The summed E-state index contributed by atoms with van der Waals surface area (Å²) in [5, 5.41) is 3.41. The lowest BCUT2D eigenvalue weighted by molar-refractivity contribution is -0.131. The summed E-state index contributed by atoms with van der Waals surface area (Å²) < 4.78 is 5.92. The van der Waals surface area contributed by atoms with E-state index < -0.39 is 0 Å². The fourth-order valence-electron chi connectivity index (χ4n) is 3.26. The van der Waals surface area contributed by atoms with E-state index in [1.807, 2.05) is 62.5 Å². The van der Waals surface area contributed by atoms with Gasteiger partial charge in [0.25, 0.3) is 0 Å². The van der Waals surface area contributed by atoms with Crippen molar-refractivity contribution < 1.29 is 9.21 Å². The number of carbonyl (C=O) groups is 1. The van der Waals surface area contributed by atoms with Crippen LogP contribution >= 0.6 is 0 Å². The molecular formula is C23H21NO2. The van der Waals surface area contributed by atoms with Crippen molar-refractivity contribution >= 4 is 27.6 Å². The van der Waals surface area contributed by atoms with Gasteiger partial charge >= 0.3 is 0 Å². The summed E-state index contributed by atoms with van der Waals surface area (Å²) in [6.07, 6.45) is 0.381. The second-order valence-electron chi connectivity index (χ2n) is 6.73. The molecule has 0 spiro atoms. The number of hydrogen-bond acceptors (Lipinski definition) is 2. The molecule has 0 saturated heterocycles. The van der Waals surface area contributed by atoms with Crippen LogP contribution < -0.4 is 0 Å². The Morgan fingerprint density at radius 1 is 0.923 bits per heavy atom. The molecule has 4 aromatic rings. The number of furan rings is 1. The molecule has 0 fully saturated rings. The maximum atomic E-state index is 12.8. The minimum Gasteiger partial charge on any atom is -0.459 e. The van der Waals surface area contributed by atoms with Gasteiger partial charge in [-0.05, 0) is 35.4 Å². The lowest BCUT2D eigenvalue weighted by Gasteiger charge is -2.23. The van der Waals surface area contributed by atoms with Crippen molar-refractivity contribution in [3.8, 4) is 0 Å². The number of nitrogens with zero attached hydrogens (tertiary/aromatic N) is 1. The Bertz CT molecular complexity index is 1050. The normalized spacial score (nSPS) is 12.4. The average molecular weight is 343 g/mol. The third-order valence-corrected chi connectivity index (χ3v) is 5.00. The molecule has 130 valence electrons. The van der Waals surface area contributed by atoms with Crippen molar-refractivity contribution in [3.05, 3.63) is 84.1 Å². The van der Waals surface area contributed by atoms with Gasteiger partial charge in [-0.2, -0.15) is 0 Å². The standard InChI is InChI=1S/C23H21NO2/c1-16(22-15-20-9-5-6-10-21(20)26-22)24(2)23(25)14-17-11-12-18-7-3-4-8-19(18)13-17/h3-13,15-16H,14H2,1-2H3. The minimum absolute atomic E-state index is 0.0771. The number of rotatable bonds is 4. The molecule has 1 heterocycles. The quantitative estimate of drug-likeness (QED) is 0.500. The van der Waals surface area contributed by atoms with Crippen LogP contribution in [0, 0.1) is 0 Å². The number of benzene rings is 3. The molecule has 1 aromatic heterocycles. The van der Waals surface area contributed by atoms with Crippen molar-refractivity contribution in [2.75, 3.05) is 7.05 Å². The van der Waals surface area contributed by atoms with Gasteiger partial charge in [0.1, 0.15) is 11.3 Å². The van der Waals surface area contributed by atoms with E-state index in [-0.39, 0.29) is 11.9 Å². The Morgan fingerprint density at radius 2 is 1.62 bits per heavy atom. The summed E-state index contributed by atoms with van der Waals surface area (Å²) in [4.78, 5) is 14.5. The number of carbonyl (C=O) groups excluding carboxylic acids is 1. The molecule has 0 aliphatic heterocycles. The minimum atomic E-state index is -0.115. The van der Waals surface area contributed by atoms with Crippen LogP contribution in [0.3, 0.4) is 0 Å². The van der Waals surface area contributed by atoms with Gasteiger partial charge in [0, 0.05) is 12.4 Å². The summed E-state index contributed by atoms with van der Waals surface area (Å²) in [6, 6.07) is 24.2. The van der Waals surface area contributed by atoms with E-state index in [0.29, 0.717) is 6.42 Å². The maximum absolute atomic E-state index is 12.8. The molecule has 3 nitrogen and oxygen atoms in total. The highest BCUT2D eigenvalue weighted by atomic mass is 16.3. The van der Waals surface area contributed by atoms with E-state index in [9.17, 15) is 4.79 Å². The van der Waals surface area contributed by atoms with E-state index in [2.05, 4.69) is 24.3 Å². The molecule has 0 saturated carbocycles. The summed E-state index contributed by atoms with van der Waals surface area (Å²) in [5.74, 6) is 0.883. The molecule has 0 bridgehead atoms. The molecule has 1 atom stereocenters. The van der Waals surface area contributed by atoms with Crippen molar-refractivity contribution in [2.45, 2.75) is 19.4 Å². The van der Waals surface area contributed by atoms with Crippen LogP contribution in [0.2, 0.25) is 0 Å². The van der Waals surface area contributed by atoms with Crippen molar-refractivity contribution in [2.24, 2.45) is 0 Å². The fraction of sp³-hybridized carbons (Fsp3) is 0.174. The Hall–Kier alpha value is -3.07. The topological polar surface area (TPSA) is 33.5 Å². The lowest BCUT2D eigenvalue weighted by Crippen LogP contribution is -2.30. The molecule has 4 rings (SSSR count). The second kappa shape index (κ2) is 6.68. The Balaban J connectivity index is 1.52. The van der Waals surface area contributed by atoms with Gasteiger partial charge in [-0.3, -0.25) is 4.79 Å². The van der Waals surface area contributed by atoms with E-state index in [4.69, 9.17) is 4.42 Å². The van der Waals surface area contributed by atoms with Crippen molar-refractivity contribution in [3.63, 3.8) is 0 Å². The second-order valence-corrected chi connectivity index (χ2v) is 6.73. The highest BCUT2D eigenvalue weighted by molar-refractivity contribution is 5.85. The number of likely N-dealkylation sites (N-methyl/N-ethyl adjacent to an activating group) is 1. The van der Waals surface area contributed by atoms with Gasteiger partial charge < -0.3 is 9.32 Å². The molecule has 0 N–H and O–H groups in total. The molecule has 3 aromatic carbocycles. The van der Waals surface area contributed by atoms with Gasteiger partial charge in [-0.25, -0.2) is 0 Å². The first-order valence-corrected chi connectivity index (χ1v) is 8.83. The van der Waals surface area contributed by atoms with Crippen LogP contribution in [0.5, 0.6) is 0 Å². The van der Waals surface area contributed by atoms with Gasteiger partial charge in [0.05, 0.1) is 12.5 Å². The fourth-order valence-corrected chi connectivity index (χ4v) is 3.26. The highest BCUT2D eigenvalue weighted by Crippen LogP contribution is 2.27. The summed E-state index contributed by atoms with van der Waals surface area (Å²) >= 11 is 0. The third kappa shape index (κ3) is 3.08. The Labute approximate surface area is 152 Å². The van der Waals surface area contributed by atoms with Crippen molar-refractivity contribution in [1.29, 1.82) is 0 Å². The lowest BCUT2D eigenvalue weighted by atomic mass is 10.0. The van der Waals surface area contributed by atoms with E-state index in [1.165, 1.54) is 5.39 Å². The first-order valence-electron chi connectivity index (χ1n) is 8.83. The molecule has 0 aliphatic rings. The number of fused-ring (bicyclic) bond motifs is 2. The van der Waals surface area contributed by atoms with Gasteiger partial charge in [-0.15, -0.1) is 0 Å². The molecule has 3 heteroatoms. The van der Waals surface area contributed by atoms with Crippen molar-refractivity contribution in [1.82, 2.24) is 4.90 Å². The zero-order valence-corrected chi connectivity index (χ0v) is 15.0. The largest absolute Gasteiger partial charge is 0.459 e. The first-order chi connectivity index (χ1) is 12.6. The smallest absolute Gasteiger partial charge is 0.227 e. The van der Waals surface area contributed by atoms with Crippen LogP contribution in [0.4, 0.5) is 0 Å². The SMILES string of the molecule is CC(c1cc2ccccc2o1)N(C)C(=O)Cc1ccc2ccccc2c1.